The fourth-order valence-electron chi connectivity index (χ4n) is 1.47. The number of carboxylic acid groups (broad SMARTS) is 1. The number of carboxylic acids is 1. The summed E-state index contributed by atoms with van der Waals surface area (Å²) >= 11 is 0. The Morgan fingerprint density at radius 3 is 2.77 bits per heavy atom. The molecule has 1 aliphatic heterocycles. The lowest BCUT2D eigenvalue weighted by atomic mass is 9.92. The van der Waals surface area contributed by atoms with E-state index in [0.29, 0.717) is 6.42 Å². The number of rotatable bonds is 3. The van der Waals surface area contributed by atoms with Gasteiger partial charge in [-0.3, -0.25) is 0 Å². The number of esters is 1. The molecule has 0 aromatic heterocycles. The average Bonchev–Trinajstić information content (AvgIpc) is 2.33. The van der Waals surface area contributed by atoms with Crippen LogP contribution >= 0.6 is 0 Å². The molecule has 1 heterocycles. The van der Waals surface area contributed by atoms with Crippen LogP contribution in [-0.4, -0.2) is 23.1 Å². The van der Waals surface area contributed by atoms with E-state index in [2.05, 4.69) is 11.3 Å². The predicted octanol–water partition coefficient (Wildman–Crippen LogP) is 0.969. The van der Waals surface area contributed by atoms with Gasteiger partial charge in [0.15, 0.2) is 0 Å². The van der Waals surface area contributed by atoms with E-state index in [0.717, 1.165) is 6.42 Å². The fraction of sp³-hybridized carbons (Fsp3) is 0.556. The summed E-state index contributed by atoms with van der Waals surface area (Å²) in [6.07, 6.45) is 0.408. The molecule has 2 atom stereocenters. The molecule has 0 amide bonds. The Labute approximate surface area is 76.2 Å². The predicted molar refractivity (Wildman–Crippen MR) is 45.1 cm³/mol. The molecule has 0 aromatic carbocycles. The standard InChI is InChI=1S/C9H12O4/c1-3-4-6-5(2)9(12)13-7(6)8(10)11/h6-7H,2-4H2,1H3,(H,10,11)/t6-,7-/m1/s1. The zero-order valence-electron chi connectivity index (χ0n) is 7.45. The average molecular weight is 184 g/mol. The molecular formula is C9H12O4. The lowest BCUT2D eigenvalue weighted by molar-refractivity contribution is -0.157. The summed E-state index contributed by atoms with van der Waals surface area (Å²) < 4.78 is 4.66. The molecule has 13 heavy (non-hydrogen) atoms. The maximum atomic E-state index is 11.0. The molecule has 1 aliphatic rings. The highest BCUT2D eigenvalue weighted by Gasteiger charge is 2.42. The number of ether oxygens (including phenoxy) is 1. The number of carbonyl (C=O) groups is 2. The number of aliphatic carboxylic acids is 1. The van der Waals surface area contributed by atoms with Gasteiger partial charge in [-0.25, -0.2) is 9.59 Å². The molecule has 0 radical (unpaired) electrons. The van der Waals surface area contributed by atoms with E-state index in [1.165, 1.54) is 0 Å². The minimum Gasteiger partial charge on any atom is -0.478 e. The van der Waals surface area contributed by atoms with Crippen LogP contribution in [0.4, 0.5) is 0 Å². The molecule has 0 aliphatic carbocycles. The van der Waals surface area contributed by atoms with Gasteiger partial charge < -0.3 is 9.84 Å². The second-order valence-electron chi connectivity index (χ2n) is 3.08. The van der Waals surface area contributed by atoms with Crippen molar-refractivity contribution in [3.8, 4) is 0 Å². The summed E-state index contributed by atoms with van der Waals surface area (Å²) in [4.78, 5) is 21.6. The van der Waals surface area contributed by atoms with Crippen LogP contribution in [0.2, 0.25) is 0 Å². The Kier molecular flexibility index (Phi) is 2.70. The van der Waals surface area contributed by atoms with E-state index in [1.807, 2.05) is 6.92 Å². The maximum absolute atomic E-state index is 11.0. The van der Waals surface area contributed by atoms with Gasteiger partial charge in [0.25, 0.3) is 0 Å². The number of cyclic esters (lactones) is 1. The summed E-state index contributed by atoms with van der Waals surface area (Å²) in [5, 5.41) is 8.73. The second-order valence-corrected chi connectivity index (χ2v) is 3.08. The van der Waals surface area contributed by atoms with Gasteiger partial charge in [0, 0.05) is 11.5 Å². The van der Waals surface area contributed by atoms with Gasteiger partial charge in [0.2, 0.25) is 6.10 Å². The quantitative estimate of drug-likeness (QED) is 0.524. The Balaban J connectivity index is 2.80. The van der Waals surface area contributed by atoms with Gasteiger partial charge in [0.1, 0.15) is 0 Å². The van der Waals surface area contributed by atoms with Crippen LogP contribution < -0.4 is 0 Å². The van der Waals surface area contributed by atoms with Crippen molar-refractivity contribution in [1.82, 2.24) is 0 Å². The lowest BCUT2D eigenvalue weighted by Gasteiger charge is -2.11. The summed E-state index contributed by atoms with van der Waals surface area (Å²) in [6.45, 7) is 5.46. The highest BCUT2D eigenvalue weighted by Crippen LogP contribution is 2.30. The van der Waals surface area contributed by atoms with Crippen LogP contribution in [0.1, 0.15) is 19.8 Å². The van der Waals surface area contributed by atoms with Gasteiger partial charge in [-0.05, 0) is 6.42 Å². The van der Waals surface area contributed by atoms with E-state index in [9.17, 15) is 9.59 Å². The molecule has 0 aromatic rings. The molecule has 4 heteroatoms. The van der Waals surface area contributed by atoms with E-state index in [-0.39, 0.29) is 11.5 Å². The molecule has 1 rings (SSSR count). The van der Waals surface area contributed by atoms with Crippen molar-refractivity contribution < 1.29 is 19.4 Å². The molecule has 1 saturated heterocycles. The third-order valence-corrected chi connectivity index (χ3v) is 2.15. The minimum absolute atomic E-state index is 0.286. The van der Waals surface area contributed by atoms with Crippen molar-refractivity contribution in [2.75, 3.05) is 0 Å². The maximum Gasteiger partial charge on any atom is 0.345 e. The molecule has 4 nitrogen and oxygen atoms in total. The molecule has 0 saturated carbocycles. The Bertz CT molecular complexity index is 256. The molecule has 0 unspecified atom stereocenters. The number of carbonyl (C=O) groups excluding carboxylic acids is 1. The molecule has 1 fully saturated rings. The SMILES string of the molecule is C=C1C(=O)O[C@@H](C(=O)O)[C@@H]1CCC. The van der Waals surface area contributed by atoms with Crippen LogP contribution in [-0.2, 0) is 14.3 Å². The zero-order chi connectivity index (χ0) is 10.0. The highest BCUT2D eigenvalue weighted by molar-refractivity contribution is 5.95. The van der Waals surface area contributed by atoms with Crippen LogP contribution in [0.3, 0.4) is 0 Å². The summed E-state index contributed by atoms with van der Waals surface area (Å²) in [6, 6.07) is 0. The van der Waals surface area contributed by atoms with E-state index < -0.39 is 18.0 Å². The Morgan fingerprint density at radius 1 is 1.69 bits per heavy atom. The largest absolute Gasteiger partial charge is 0.478 e. The third kappa shape index (κ3) is 1.71. The van der Waals surface area contributed by atoms with Crippen LogP contribution in [0.25, 0.3) is 0 Å². The van der Waals surface area contributed by atoms with Gasteiger partial charge in [0.05, 0.1) is 0 Å². The van der Waals surface area contributed by atoms with Crippen LogP contribution in [0, 0.1) is 5.92 Å². The van der Waals surface area contributed by atoms with Crippen LogP contribution in [0.5, 0.6) is 0 Å². The Morgan fingerprint density at radius 2 is 2.31 bits per heavy atom. The van der Waals surface area contributed by atoms with Crippen molar-refractivity contribution in [1.29, 1.82) is 0 Å². The third-order valence-electron chi connectivity index (χ3n) is 2.15. The normalized spacial score (nSPS) is 27.5. The van der Waals surface area contributed by atoms with Crippen LogP contribution in [0.15, 0.2) is 12.2 Å². The fourth-order valence-corrected chi connectivity index (χ4v) is 1.47. The molecular weight excluding hydrogens is 172 g/mol. The smallest absolute Gasteiger partial charge is 0.345 e. The molecule has 1 N–H and O–H groups in total. The van der Waals surface area contributed by atoms with Crippen molar-refractivity contribution in [3.63, 3.8) is 0 Å². The molecule has 0 bridgehead atoms. The van der Waals surface area contributed by atoms with Crippen molar-refractivity contribution in [3.05, 3.63) is 12.2 Å². The second kappa shape index (κ2) is 3.60. The molecule has 0 spiro atoms. The van der Waals surface area contributed by atoms with E-state index >= 15 is 0 Å². The number of hydrogen-bond donors (Lipinski definition) is 1. The minimum atomic E-state index is -1.09. The lowest BCUT2D eigenvalue weighted by Crippen LogP contribution is -2.26. The Hall–Kier alpha value is -1.32. The van der Waals surface area contributed by atoms with Gasteiger partial charge in [-0.2, -0.15) is 0 Å². The van der Waals surface area contributed by atoms with Gasteiger partial charge >= 0.3 is 11.9 Å². The first-order valence-corrected chi connectivity index (χ1v) is 4.20. The zero-order valence-corrected chi connectivity index (χ0v) is 7.45. The first kappa shape index (κ1) is 9.77. The summed E-state index contributed by atoms with van der Waals surface area (Å²) in [5.41, 5.74) is 0.286. The van der Waals surface area contributed by atoms with E-state index in [4.69, 9.17) is 5.11 Å². The van der Waals surface area contributed by atoms with E-state index in [1.54, 1.807) is 0 Å². The summed E-state index contributed by atoms with van der Waals surface area (Å²) in [5.74, 6) is -2.02. The van der Waals surface area contributed by atoms with Gasteiger partial charge in [-0.15, -0.1) is 0 Å². The monoisotopic (exact) mass is 184 g/mol. The highest BCUT2D eigenvalue weighted by atomic mass is 16.6. The van der Waals surface area contributed by atoms with Crippen molar-refractivity contribution in [2.24, 2.45) is 5.92 Å². The van der Waals surface area contributed by atoms with Crippen molar-refractivity contribution in [2.45, 2.75) is 25.9 Å². The number of hydrogen-bond acceptors (Lipinski definition) is 3. The topological polar surface area (TPSA) is 63.6 Å². The first-order valence-electron chi connectivity index (χ1n) is 4.20. The summed E-state index contributed by atoms with van der Waals surface area (Å²) in [7, 11) is 0. The van der Waals surface area contributed by atoms with Gasteiger partial charge in [-0.1, -0.05) is 19.9 Å². The first-order chi connectivity index (χ1) is 6.07. The molecule has 72 valence electrons. The van der Waals surface area contributed by atoms with Crippen molar-refractivity contribution >= 4 is 11.9 Å².